The molecule has 0 unspecified atom stereocenters. The van der Waals surface area contributed by atoms with Crippen molar-refractivity contribution in [2.75, 3.05) is 23.4 Å². The van der Waals surface area contributed by atoms with Gasteiger partial charge >= 0.3 is 0 Å². The van der Waals surface area contributed by atoms with E-state index < -0.39 is 0 Å². The number of aromatic nitrogens is 2. The number of carbonyl (C=O) groups excluding carboxylic acids is 1. The smallest absolute Gasteiger partial charge is 0.261 e. The predicted molar refractivity (Wildman–Crippen MR) is 92.5 cm³/mol. The Bertz CT molecular complexity index is 785. The van der Waals surface area contributed by atoms with Crippen molar-refractivity contribution in [3.05, 3.63) is 53.9 Å². The van der Waals surface area contributed by atoms with Crippen LogP contribution < -0.4 is 9.80 Å². The number of hydrogen-bond donors (Lipinski definition) is 0. The van der Waals surface area contributed by atoms with Gasteiger partial charge in [-0.2, -0.15) is 0 Å². The summed E-state index contributed by atoms with van der Waals surface area (Å²) in [7, 11) is 1.78. The summed E-state index contributed by atoms with van der Waals surface area (Å²) in [5.74, 6) is 1.36. The van der Waals surface area contributed by atoms with Gasteiger partial charge in [0, 0.05) is 25.5 Å². The van der Waals surface area contributed by atoms with Gasteiger partial charge in [-0.15, -0.1) is 6.58 Å². The van der Waals surface area contributed by atoms with Crippen molar-refractivity contribution in [2.24, 2.45) is 0 Å². The van der Waals surface area contributed by atoms with Gasteiger partial charge in [-0.1, -0.05) is 6.08 Å². The minimum Gasteiger partial charge on any atom is -0.309 e. The van der Waals surface area contributed by atoms with E-state index in [0.29, 0.717) is 24.3 Å². The average molecular weight is 308 g/mol. The van der Waals surface area contributed by atoms with E-state index in [0.717, 1.165) is 22.8 Å². The fourth-order valence-electron chi connectivity index (χ4n) is 2.84. The highest BCUT2D eigenvalue weighted by Crippen LogP contribution is 2.37. The summed E-state index contributed by atoms with van der Waals surface area (Å²) in [6.07, 6.45) is 4.30. The molecule has 1 aliphatic rings. The number of pyridine rings is 2. The van der Waals surface area contributed by atoms with Gasteiger partial charge in [0.25, 0.3) is 5.91 Å². The summed E-state index contributed by atoms with van der Waals surface area (Å²) in [6.45, 7) is 8.42. The highest BCUT2D eigenvalue weighted by Gasteiger charge is 2.30. The first-order chi connectivity index (χ1) is 11.1. The van der Waals surface area contributed by atoms with E-state index in [1.807, 2.05) is 43.0 Å². The third-order valence-electron chi connectivity index (χ3n) is 4.02. The summed E-state index contributed by atoms with van der Waals surface area (Å²) in [4.78, 5) is 25.8. The lowest BCUT2D eigenvalue weighted by Gasteiger charge is -2.23. The number of fused-ring (bicyclic) bond motifs is 2. The molecule has 3 rings (SSSR count). The highest BCUT2D eigenvalue weighted by atomic mass is 16.2. The second-order valence-corrected chi connectivity index (χ2v) is 5.61. The first kappa shape index (κ1) is 15.2. The van der Waals surface area contributed by atoms with Crippen molar-refractivity contribution in [1.29, 1.82) is 0 Å². The summed E-state index contributed by atoms with van der Waals surface area (Å²) in [5, 5.41) is 0. The fourth-order valence-corrected chi connectivity index (χ4v) is 2.84. The number of aryl methyl sites for hydroxylation is 1. The lowest BCUT2D eigenvalue weighted by Crippen LogP contribution is -2.25. The third-order valence-corrected chi connectivity index (χ3v) is 4.02. The lowest BCUT2D eigenvalue weighted by atomic mass is 10.1. The van der Waals surface area contributed by atoms with Crippen LogP contribution in [0.25, 0.3) is 0 Å². The topological polar surface area (TPSA) is 49.3 Å². The van der Waals surface area contributed by atoms with Crippen molar-refractivity contribution in [2.45, 2.75) is 20.3 Å². The molecule has 1 amide bonds. The SMILES string of the molecule is C=CCc1cnc2c(c1)C(=O)N(C)c1ccc(C)nc1N2CC. The normalized spacial score (nSPS) is 13.4. The van der Waals surface area contributed by atoms with Gasteiger partial charge in [-0.05, 0) is 44.0 Å². The zero-order valence-corrected chi connectivity index (χ0v) is 13.7. The monoisotopic (exact) mass is 308 g/mol. The van der Waals surface area contributed by atoms with Crippen LogP contribution in [0.4, 0.5) is 17.3 Å². The molecule has 0 fully saturated rings. The maximum atomic E-state index is 12.9. The zero-order valence-electron chi connectivity index (χ0n) is 13.7. The second kappa shape index (κ2) is 5.83. The molecule has 2 aromatic heterocycles. The van der Waals surface area contributed by atoms with Crippen LogP contribution in [0.5, 0.6) is 0 Å². The molecule has 0 aromatic carbocycles. The van der Waals surface area contributed by atoms with Crippen molar-refractivity contribution in [3.8, 4) is 0 Å². The maximum Gasteiger partial charge on any atom is 0.261 e. The van der Waals surface area contributed by atoms with Crippen LogP contribution in [-0.2, 0) is 6.42 Å². The zero-order chi connectivity index (χ0) is 16.6. The number of amides is 1. The summed E-state index contributed by atoms with van der Waals surface area (Å²) >= 11 is 0. The van der Waals surface area contributed by atoms with E-state index in [9.17, 15) is 4.79 Å². The number of rotatable bonds is 3. The lowest BCUT2D eigenvalue weighted by molar-refractivity contribution is 0.0994. The number of carbonyl (C=O) groups is 1. The maximum absolute atomic E-state index is 12.9. The third kappa shape index (κ3) is 2.48. The molecule has 0 saturated heterocycles. The van der Waals surface area contributed by atoms with E-state index in [-0.39, 0.29) is 5.91 Å². The van der Waals surface area contributed by atoms with Crippen LogP contribution in [0.3, 0.4) is 0 Å². The van der Waals surface area contributed by atoms with Gasteiger partial charge in [-0.3, -0.25) is 4.79 Å². The molecule has 0 atom stereocenters. The summed E-state index contributed by atoms with van der Waals surface area (Å²) in [6, 6.07) is 5.77. The Balaban J connectivity index is 2.25. The first-order valence-electron chi connectivity index (χ1n) is 7.69. The molecular weight excluding hydrogens is 288 g/mol. The first-order valence-corrected chi connectivity index (χ1v) is 7.69. The Hall–Kier alpha value is -2.69. The minimum atomic E-state index is -0.0683. The molecule has 0 N–H and O–H groups in total. The number of allylic oxidation sites excluding steroid dienone is 1. The van der Waals surface area contributed by atoms with E-state index in [1.165, 1.54) is 0 Å². The van der Waals surface area contributed by atoms with Crippen LogP contribution in [0, 0.1) is 6.92 Å². The summed E-state index contributed by atoms with van der Waals surface area (Å²) in [5.41, 5.74) is 3.29. The Morgan fingerprint density at radius 1 is 1.30 bits per heavy atom. The molecule has 2 aromatic rings. The van der Waals surface area contributed by atoms with Gasteiger partial charge in [0.2, 0.25) is 0 Å². The van der Waals surface area contributed by atoms with Crippen molar-refractivity contribution in [3.63, 3.8) is 0 Å². The van der Waals surface area contributed by atoms with Crippen LogP contribution in [0.1, 0.15) is 28.5 Å². The van der Waals surface area contributed by atoms with E-state index in [4.69, 9.17) is 0 Å². The molecular formula is C18H20N4O. The standard InChI is InChI=1S/C18H20N4O/c1-5-7-13-10-14-16(19-11-13)22(6-2)17-15(21(4)18(14)23)9-8-12(3)20-17/h5,8-11H,1,6-7H2,2-4H3. The molecule has 118 valence electrons. The fraction of sp³-hybridized carbons (Fsp3) is 0.278. The van der Waals surface area contributed by atoms with E-state index in [1.54, 1.807) is 18.1 Å². The van der Waals surface area contributed by atoms with Crippen molar-refractivity contribution in [1.82, 2.24) is 9.97 Å². The Morgan fingerprint density at radius 3 is 2.78 bits per heavy atom. The molecule has 0 aliphatic carbocycles. The predicted octanol–water partition coefficient (Wildman–Crippen LogP) is 3.26. The van der Waals surface area contributed by atoms with Crippen molar-refractivity contribution < 1.29 is 4.79 Å². The quantitative estimate of drug-likeness (QED) is 0.817. The second-order valence-electron chi connectivity index (χ2n) is 5.61. The largest absolute Gasteiger partial charge is 0.309 e. The summed E-state index contributed by atoms with van der Waals surface area (Å²) < 4.78 is 0. The van der Waals surface area contributed by atoms with Gasteiger partial charge in [0.05, 0.1) is 11.3 Å². The van der Waals surface area contributed by atoms with Crippen molar-refractivity contribution >= 4 is 23.2 Å². The molecule has 5 heteroatoms. The van der Waals surface area contributed by atoms with E-state index in [2.05, 4.69) is 16.5 Å². The molecule has 3 heterocycles. The van der Waals surface area contributed by atoms with Gasteiger partial charge in [0.1, 0.15) is 5.82 Å². The molecule has 23 heavy (non-hydrogen) atoms. The molecule has 5 nitrogen and oxygen atoms in total. The minimum absolute atomic E-state index is 0.0683. The van der Waals surface area contributed by atoms with Crippen LogP contribution in [0.15, 0.2) is 37.1 Å². The Labute approximate surface area is 136 Å². The van der Waals surface area contributed by atoms with Gasteiger partial charge < -0.3 is 9.80 Å². The number of hydrogen-bond acceptors (Lipinski definition) is 4. The van der Waals surface area contributed by atoms with Crippen LogP contribution >= 0.6 is 0 Å². The Morgan fingerprint density at radius 2 is 2.09 bits per heavy atom. The highest BCUT2D eigenvalue weighted by molar-refractivity contribution is 6.12. The molecule has 0 bridgehead atoms. The van der Waals surface area contributed by atoms with Gasteiger partial charge in [0.15, 0.2) is 5.82 Å². The van der Waals surface area contributed by atoms with E-state index >= 15 is 0 Å². The molecule has 0 spiro atoms. The Kier molecular flexibility index (Phi) is 3.86. The molecule has 0 radical (unpaired) electrons. The van der Waals surface area contributed by atoms with Gasteiger partial charge in [-0.25, -0.2) is 9.97 Å². The number of anilines is 3. The van der Waals surface area contributed by atoms with Crippen LogP contribution in [-0.4, -0.2) is 29.5 Å². The molecule has 1 aliphatic heterocycles. The molecule has 0 saturated carbocycles. The van der Waals surface area contributed by atoms with Crippen LogP contribution in [0.2, 0.25) is 0 Å². The average Bonchev–Trinajstić information content (AvgIpc) is 2.63. The number of nitrogens with zero attached hydrogens (tertiary/aromatic N) is 4.